The zero-order valence-electron chi connectivity index (χ0n) is 14.9. The van der Waals surface area contributed by atoms with Gasteiger partial charge >= 0.3 is 0 Å². The third kappa shape index (κ3) is 4.76. The molecule has 5 heteroatoms. The molecule has 0 unspecified atom stereocenters. The number of carbonyl (C=O) groups excluding carboxylic acids is 3. The Morgan fingerprint density at radius 3 is 2.36 bits per heavy atom. The molecule has 2 aromatic carbocycles. The number of amides is 2. The molecule has 0 heterocycles. The first-order valence-corrected chi connectivity index (χ1v) is 8.04. The SMILES string of the molecule is CC(=O)c1cccc(N(CC(=O)Nc2cc(C)ccc2C)C(C)=O)c1. The van der Waals surface area contributed by atoms with E-state index < -0.39 is 0 Å². The van der Waals surface area contributed by atoms with Gasteiger partial charge in [-0.1, -0.05) is 24.3 Å². The van der Waals surface area contributed by atoms with Crippen molar-refractivity contribution >= 4 is 29.0 Å². The molecule has 130 valence electrons. The van der Waals surface area contributed by atoms with Crippen LogP contribution in [0.25, 0.3) is 0 Å². The maximum atomic E-state index is 12.4. The number of nitrogens with one attached hydrogen (secondary N) is 1. The Kier molecular flexibility index (Phi) is 5.70. The smallest absolute Gasteiger partial charge is 0.244 e. The molecule has 0 fully saturated rings. The molecular formula is C20H22N2O3. The topological polar surface area (TPSA) is 66.5 Å². The predicted octanol–water partition coefficient (Wildman–Crippen LogP) is 3.50. The molecule has 2 rings (SSSR count). The van der Waals surface area contributed by atoms with Gasteiger partial charge in [0.15, 0.2) is 5.78 Å². The van der Waals surface area contributed by atoms with Crippen LogP contribution >= 0.6 is 0 Å². The van der Waals surface area contributed by atoms with Gasteiger partial charge in [0.2, 0.25) is 11.8 Å². The highest BCUT2D eigenvalue weighted by Gasteiger charge is 2.17. The molecule has 0 radical (unpaired) electrons. The van der Waals surface area contributed by atoms with Crippen LogP contribution in [0.2, 0.25) is 0 Å². The number of hydrogen-bond donors (Lipinski definition) is 1. The quantitative estimate of drug-likeness (QED) is 0.849. The first kappa shape index (κ1) is 18.4. The highest BCUT2D eigenvalue weighted by Crippen LogP contribution is 2.19. The van der Waals surface area contributed by atoms with Gasteiger partial charge in [0.1, 0.15) is 6.54 Å². The molecule has 1 N–H and O–H groups in total. The lowest BCUT2D eigenvalue weighted by Gasteiger charge is -2.21. The van der Waals surface area contributed by atoms with Crippen molar-refractivity contribution in [3.8, 4) is 0 Å². The number of nitrogens with zero attached hydrogens (tertiary/aromatic N) is 1. The summed E-state index contributed by atoms with van der Waals surface area (Å²) in [6.45, 7) is 6.60. The summed E-state index contributed by atoms with van der Waals surface area (Å²) in [4.78, 5) is 37.3. The lowest BCUT2D eigenvalue weighted by Crippen LogP contribution is -2.36. The minimum absolute atomic E-state index is 0.0924. The van der Waals surface area contributed by atoms with Gasteiger partial charge in [-0.3, -0.25) is 14.4 Å². The standard InChI is InChI=1S/C20H22N2O3/c1-13-8-9-14(2)19(10-13)21-20(25)12-22(16(4)24)18-7-5-6-17(11-18)15(3)23/h5-11H,12H2,1-4H3,(H,21,25). The molecule has 0 spiro atoms. The van der Waals surface area contributed by atoms with Gasteiger partial charge < -0.3 is 10.2 Å². The van der Waals surface area contributed by atoms with Crippen LogP contribution in [-0.4, -0.2) is 24.1 Å². The fraction of sp³-hybridized carbons (Fsp3) is 0.250. The van der Waals surface area contributed by atoms with Crippen molar-refractivity contribution in [1.29, 1.82) is 0 Å². The summed E-state index contributed by atoms with van der Waals surface area (Å²) >= 11 is 0. The van der Waals surface area contributed by atoms with E-state index in [1.807, 2.05) is 32.0 Å². The molecule has 0 saturated carbocycles. The highest BCUT2D eigenvalue weighted by atomic mass is 16.2. The molecule has 0 aromatic heterocycles. The van der Waals surface area contributed by atoms with Crippen molar-refractivity contribution in [2.24, 2.45) is 0 Å². The van der Waals surface area contributed by atoms with Crippen molar-refractivity contribution in [1.82, 2.24) is 0 Å². The predicted molar refractivity (Wildman–Crippen MR) is 99.0 cm³/mol. The Morgan fingerprint density at radius 1 is 1.00 bits per heavy atom. The van der Waals surface area contributed by atoms with Gasteiger partial charge in [-0.05, 0) is 50.1 Å². The van der Waals surface area contributed by atoms with Gasteiger partial charge in [0, 0.05) is 23.9 Å². The van der Waals surface area contributed by atoms with Gasteiger partial charge in [0.25, 0.3) is 0 Å². The van der Waals surface area contributed by atoms with Crippen molar-refractivity contribution in [2.75, 3.05) is 16.8 Å². The van der Waals surface area contributed by atoms with Crippen LogP contribution in [-0.2, 0) is 9.59 Å². The molecular weight excluding hydrogens is 316 g/mol. The molecule has 0 aliphatic rings. The second-order valence-corrected chi connectivity index (χ2v) is 6.08. The fourth-order valence-corrected chi connectivity index (χ4v) is 2.48. The van der Waals surface area contributed by atoms with Crippen LogP contribution < -0.4 is 10.2 Å². The summed E-state index contributed by atoms with van der Waals surface area (Å²) in [7, 11) is 0. The van der Waals surface area contributed by atoms with E-state index in [4.69, 9.17) is 0 Å². The Hall–Kier alpha value is -2.95. The van der Waals surface area contributed by atoms with E-state index in [1.165, 1.54) is 18.7 Å². The molecule has 0 bridgehead atoms. The number of anilines is 2. The number of Topliss-reactive ketones (excluding diaryl/α,β-unsaturated/α-hetero) is 1. The van der Waals surface area contributed by atoms with E-state index >= 15 is 0 Å². The average Bonchev–Trinajstić information content (AvgIpc) is 2.56. The number of rotatable bonds is 5. The van der Waals surface area contributed by atoms with Crippen LogP contribution in [0, 0.1) is 13.8 Å². The van der Waals surface area contributed by atoms with Crippen molar-refractivity contribution in [3.63, 3.8) is 0 Å². The lowest BCUT2D eigenvalue weighted by molar-refractivity contribution is -0.120. The van der Waals surface area contributed by atoms with Gasteiger partial charge in [-0.15, -0.1) is 0 Å². The van der Waals surface area contributed by atoms with Crippen LogP contribution in [0.4, 0.5) is 11.4 Å². The molecule has 25 heavy (non-hydrogen) atoms. The largest absolute Gasteiger partial charge is 0.324 e. The fourth-order valence-electron chi connectivity index (χ4n) is 2.48. The average molecular weight is 338 g/mol. The van der Waals surface area contributed by atoms with E-state index in [9.17, 15) is 14.4 Å². The number of aryl methyl sites for hydroxylation is 2. The van der Waals surface area contributed by atoms with Gasteiger partial charge in [-0.2, -0.15) is 0 Å². The normalized spacial score (nSPS) is 10.2. The molecule has 0 saturated heterocycles. The molecule has 2 aromatic rings. The summed E-state index contributed by atoms with van der Waals surface area (Å²) < 4.78 is 0. The monoisotopic (exact) mass is 338 g/mol. The van der Waals surface area contributed by atoms with Crippen LogP contribution in [0.5, 0.6) is 0 Å². The number of carbonyl (C=O) groups is 3. The molecule has 0 aliphatic carbocycles. The summed E-state index contributed by atoms with van der Waals surface area (Å²) in [5, 5.41) is 2.84. The first-order chi connectivity index (χ1) is 11.8. The summed E-state index contributed by atoms with van der Waals surface area (Å²) in [5.74, 6) is -0.654. The molecule has 0 atom stereocenters. The number of benzene rings is 2. The Labute approximate surface area is 147 Å². The van der Waals surface area contributed by atoms with E-state index in [0.717, 1.165) is 16.8 Å². The second kappa shape index (κ2) is 7.75. The third-order valence-corrected chi connectivity index (χ3v) is 3.91. The Morgan fingerprint density at radius 2 is 1.72 bits per heavy atom. The number of ketones is 1. The molecule has 2 amide bonds. The first-order valence-electron chi connectivity index (χ1n) is 8.04. The maximum absolute atomic E-state index is 12.4. The van der Waals surface area contributed by atoms with Crippen LogP contribution in [0.1, 0.15) is 35.3 Å². The van der Waals surface area contributed by atoms with E-state index in [1.54, 1.807) is 24.3 Å². The van der Waals surface area contributed by atoms with E-state index in [-0.39, 0.29) is 24.1 Å². The van der Waals surface area contributed by atoms with Gasteiger partial charge in [-0.25, -0.2) is 0 Å². The van der Waals surface area contributed by atoms with Crippen molar-refractivity contribution in [3.05, 3.63) is 59.2 Å². The van der Waals surface area contributed by atoms with Crippen molar-refractivity contribution in [2.45, 2.75) is 27.7 Å². The minimum Gasteiger partial charge on any atom is -0.324 e. The van der Waals surface area contributed by atoms with E-state index in [2.05, 4.69) is 5.32 Å². The van der Waals surface area contributed by atoms with Crippen molar-refractivity contribution < 1.29 is 14.4 Å². The van der Waals surface area contributed by atoms with Crippen LogP contribution in [0.15, 0.2) is 42.5 Å². The molecule has 0 aliphatic heterocycles. The summed E-state index contributed by atoms with van der Waals surface area (Å²) in [6, 6.07) is 12.5. The van der Waals surface area contributed by atoms with E-state index in [0.29, 0.717) is 11.3 Å². The zero-order valence-corrected chi connectivity index (χ0v) is 14.9. The third-order valence-electron chi connectivity index (χ3n) is 3.91. The van der Waals surface area contributed by atoms with Crippen LogP contribution in [0.3, 0.4) is 0 Å². The Bertz CT molecular complexity index is 827. The summed E-state index contributed by atoms with van der Waals surface area (Å²) in [6.07, 6.45) is 0. The lowest BCUT2D eigenvalue weighted by atomic mass is 10.1. The maximum Gasteiger partial charge on any atom is 0.244 e. The van der Waals surface area contributed by atoms with Gasteiger partial charge in [0.05, 0.1) is 0 Å². The zero-order chi connectivity index (χ0) is 18.6. The minimum atomic E-state index is -0.294. The highest BCUT2D eigenvalue weighted by molar-refractivity contribution is 6.03. The number of hydrogen-bond acceptors (Lipinski definition) is 3. The molecule has 5 nitrogen and oxygen atoms in total. The summed E-state index contributed by atoms with van der Waals surface area (Å²) in [5.41, 5.74) is 3.74. The second-order valence-electron chi connectivity index (χ2n) is 6.08. The Balaban J connectivity index is 2.20.